The summed E-state index contributed by atoms with van der Waals surface area (Å²) in [7, 11) is 0. The first kappa shape index (κ1) is 7.54. The van der Waals surface area contributed by atoms with Gasteiger partial charge >= 0.3 is 0 Å². The third-order valence-electron chi connectivity index (χ3n) is 1.58. The fourth-order valence-corrected chi connectivity index (χ4v) is 1.55. The minimum atomic E-state index is 0.744. The Labute approximate surface area is 73.8 Å². The van der Waals surface area contributed by atoms with Crippen molar-refractivity contribution in [2.45, 2.75) is 5.75 Å². The fourth-order valence-electron chi connectivity index (χ4n) is 1.06. The lowest BCUT2D eigenvalue weighted by Crippen LogP contribution is -1.90. The maximum absolute atomic E-state index is 4.17. The quantitative estimate of drug-likeness (QED) is 0.754. The monoisotopic (exact) mass is 180 g/mol. The molecule has 2 aromatic heterocycles. The molecule has 0 aliphatic carbocycles. The Bertz CT molecular complexity index is 384. The van der Waals surface area contributed by atoms with Gasteiger partial charge < -0.3 is 4.98 Å². The summed E-state index contributed by atoms with van der Waals surface area (Å²) >= 11 is 1.73. The van der Waals surface area contributed by atoms with Crippen molar-refractivity contribution in [2.24, 2.45) is 0 Å². The number of thioether (sulfide) groups is 1. The first-order valence-electron chi connectivity index (χ1n) is 3.53. The molecule has 62 valence electrons. The number of imidazole rings is 1. The van der Waals surface area contributed by atoms with Gasteiger partial charge in [0, 0.05) is 5.75 Å². The molecule has 12 heavy (non-hydrogen) atoms. The Morgan fingerprint density at radius 3 is 3.17 bits per heavy atom. The van der Waals surface area contributed by atoms with E-state index in [1.807, 2.05) is 6.26 Å². The highest BCUT2D eigenvalue weighted by Crippen LogP contribution is 2.13. The second kappa shape index (κ2) is 3.10. The summed E-state index contributed by atoms with van der Waals surface area (Å²) in [6.07, 6.45) is 5.24. The molecule has 0 saturated carbocycles. The predicted molar refractivity (Wildman–Crippen MR) is 48.9 cm³/mol. The molecule has 0 aliphatic rings. The van der Waals surface area contributed by atoms with Crippen molar-refractivity contribution in [3.05, 3.63) is 18.3 Å². The van der Waals surface area contributed by atoms with Crippen LogP contribution in [0.4, 0.5) is 0 Å². The van der Waals surface area contributed by atoms with Gasteiger partial charge in [-0.25, -0.2) is 15.0 Å². The molecule has 0 radical (unpaired) electrons. The van der Waals surface area contributed by atoms with Crippen LogP contribution in [0.15, 0.2) is 12.7 Å². The third-order valence-corrected chi connectivity index (χ3v) is 2.14. The number of aromatic amines is 1. The summed E-state index contributed by atoms with van der Waals surface area (Å²) in [5.41, 5.74) is 2.71. The minimum Gasteiger partial charge on any atom is -0.342 e. The molecule has 2 rings (SSSR count). The molecule has 4 nitrogen and oxygen atoms in total. The van der Waals surface area contributed by atoms with E-state index in [4.69, 9.17) is 0 Å². The molecule has 0 unspecified atom stereocenters. The molecule has 5 heteroatoms. The number of hydrogen-bond acceptors (Lipinski definition) is 4. The minimum absolute atomic E-state index is 0.744. The molecule has 0 aromatic carbocycles. The Morgan fingerprint density at radius 2 is 2.33 bits per heavy atom. The van der Waals surface area contributed by atoms with Crippen LogP contribution in [0, 0.1) is 0 Å². The number of rotatable bonds is 2. The van der Waals surface area contributed by atoms with Crippen LogP contribution in [0.1, 0.15) is 5.69 Å². The van der Waals surface area contributed by atoms with E-state index >= 15 is 0 Å². The Balaban J connectivity index is 2.57. The van der Waals surface area contributed by atoms with E-state index in [9.17, 15) is 0 Å². The average Bonchev–Trinajstić information content (AvgIpc) is 2.53. The van der Waals surface area contributed by atoms with Gasteiger partial charge in [0.1, 0.15) is 11.8 Å². The molecule has 0 fully saturated rings. The van der Waals surface area contributed by atoms with E-state index in [2.05, 4.69) is 19.9 Å². The normalized spacial score (nSPS) is 10.8. The zero-order valence-electron chi connectivity index (χ0n) is 6.61. The first-order chi connectivity index (χ1) is 5.92. The summed E-state index contributed by atoms with van der Waals surface area (Å²) in [5.74, 6) is 0.890. The maximum Gasteiger partial charge on any atom is 0.180 e. The Morgan fingerprint density at radius 1 is 1.42 bits per heavy atom. The molecule has 2 heterocycles. The van der Waals surface area contributed by atoms with E-state index in [-0.39, 0.29) is 0 Å². The van der Waals surface area contributed by atoms with Gasteiger partial charge in [-0.1, -0.05) is 0 Å². The van der Waals surface area contributed by atoms with Gasteiger partial charge in [0.25, 0.3) is 0 Å². The summed E-state index contributed by atoms with van der Waals surface area (Å²) in [6.45, 7) is 0. The maximum atomic E-state index is 4.17. The number of nitrogens with zero attached hydrogens (tertiary/aromatic N) is 3. The molecule has 0 aliphatic heterocycles. The summed E-state index contributed by atoms with van der Waals surface area (Å²) in [5, 5.41) is 0. The topological polar surface area (TPSA) is 54.5 Å². The van der Waals surface area contributed by atoms with Gasteiger partial charge in [-0.15, -0.1) is 0 Å². The smallest absolute Gasteiger partial charge is 0.180 e. The highest BCUT2D eigenvalue weighted by molar-refractivity contribution is 7.97. The number of hydrogen-bond donors (Lipinski definition) is 1. The van der Waals surface area contributed by atoms with Gasteiger partial charge in [-0.2, -0.15) is 11.8 Å². The highest BCUT2D eigenvalue weighted by atomic mass is 32.2. The van der Waals surface area contributed by atoms with Crippen molar-refractivity contribution < 1.29 is 0 Å². The first-order valence-corrected chi connectivity index (χ1v) is 4.93. The van der Waals surface area contributed by atoms with Crippen molar-refractivity contribution in [1.82, 2.24) is 19.9 Å². The molecule has 0 amide bonds. The third kappa shape index (κ3) is 1.16. The van der Waals surface area contributed by atoms with Crippen LogP contribution in [-0.2, 0) is 5.75 Å². The molecule has 0 saturated heterocycles. The zero-order valence-corrected chi connectivity index (χ0v) is 7.43. The highest BCUT2D eigenvalue weighted by Gasteiger charge is 2.03. The van der Waals surface area contributed by atoms with Crippen molar-refractivity contribution >= 4 is 22.9 Å². The lowest BCUT2D eigenvalue weighted by molar-refractivity contribution is 1.12. The molecule has 0 bridgehead atoms. The van der Waals surface area contributed by atoms with E-state index in [0.29, 0.717) is 0 Å². The fraction of sp³-hybridized carbons (Fsp3) is 0.286. The van der Waals surface area contributed by atoms with E-state index in [1.54, 1.807) is 24.4 Å². The van der Waals surface area contributed by atoms with E-state index in [0.717, 1.165) is 22.6 Å². The van der Waals surface area contributed by atoms with Gasteiger partial charge in [0.2, 0.25) is 0 Å². The number of fused-ring (bicyclic) bond motifs is 1. The van der Waals surface area contributed by atoms with Crippen molar-refractivity contribution in [3.8, 4) is 0 Å². The van der Waals surface area contributed by atoms with Gasteiger partial charge in [0.05, 0.1) is 12.0 Å². The lowest BCUT2D eigenvalue weighted by atomic mass is 10.4. The van der Waals surface area contributed by atoms with Crippen LogP contribution in [0.25, 0.3) is 11.2 Å². The lowest BCUT2D eigenvalue weighted by Gasteiger charge is -1.96. The average molecular weight is 180 g/mol. The van der Waals surface area contributed by atoms with E-state index < -0.39 is 0 Å². The number of aromatic nitrogens is 4. The van der Waals surface area contributed by atoms with Gasteiger partial charge in [-0.05, 0) is 6.26 Å². The van der Waals surface area contributed by atoms with Gasteiger partial charge in [0.15, 0.2) is 5.65 Å². The number of nitrogens with one attached hydrogen (secondary N) is 1. The van der Waals surface area contributed by atoms with Crippen LogP contribution in [-0.4, -0.2) is 26.2 Å². The second-order valence-electron chi connectivity index (χ2n) is 2.35. The van der Waals surface area contributed by atoms with Crippen molar-refractivity contribution in [3.63, 3.8) is 0 Å². The molecule has 0 atom stereocenters. The Hall–Kier alpha value is -1.10. The second-order valence-corrected chi connectivity index (χ2v) is 3.22. The summed E-state index contributed by atoms with van der Waals surface area (Å²) < 4.78 is 0. The number of H-pyrrole nitrogens is 1. The van der Waals surface area contributed by atoms with E-state index in [1.165, 1.54) is 0 Å². The molecule has 2 aromatic rings. The summed E-state index contributed by atoms with van der Waals surface area (Å²) in [6, 6.07) is 0. The van der Waals surface area contributed by atoms with Crippen LogP contribution < -0.4 is 0 Å². The largest absolute Gasteiger partial charge is 0.342 e. The van der Waals surface area contributed by atoms with Crippen molar-refractivity contribution in [2.75, 3.05) is 6.26 Å². The molecule has 0 spiro atoms. The zero-order chi connectivity index (χ0) is 8.39. The standard InChI is InChI=1S/C7H8N4S/c1-12-2-5-6-7(10-3-8-5)11-4-9-6/h3-4H,2H2,1H3,(H,8,9,10,11). The summed E-state index contributed by atoms with van der Waals surface area (Å²) in [4.78, 5) is 15.3. The SMILES string of the molecule is CSCc1ncnc2nc[nH]c12. The molecular weight excluding hydrogens is 172 g/mol. The van der Waals surface area contributed by atoms with Crippen LogP contribution in [0.2, 0.25) is 0 Å². The Kier molecular flexibility index (Phi) is 1.95. The molecule has 1 N–H and O–H groups in total. The van der Waals surface area contributed by atoms with Crippen LogP contribution in [0.5, 0.6) is 0 Å². The molecular formula is C7H8N4S. The van der Waals surface area contributed by atoms with Crippen LogP contribution >= 0.6 is 11.8 Å². The van der Waals surface area contributed by atoms with Crippen molar-refractivity contribution in [1.29, 1.82) is 0 Å². The predicted octanol–water partition coefficient (Wildman–Crippen LogP) is 1.22. The van der Waals surface area contributed by atoms with Gasteiger partial charge in [-0.3, -0.25) is 0 Å². The van der Waals surface area contributed by atoms with Crippen LogP contribution in [0.3, 0.4) is 0 Å².